The molecule has 1 aromatic heterocycles. The molecule has 4 heteroatoms. The van der Waals surface area contributed by atoms with Gasteiger partial charge in [-0.1, -0.05) is 32.4 Å². The highest BCUT2D eigenvalue weighted by atomic mass is 35.5. The van der Waals surface area contributed by atoms with E-state index in [-0.39, 0.29) is 0 Å². The normalized spacial score (nSPS) is 11.3. The van der Waals surface area contributed by atoms with E-state index in [1.165, 1.54) is 0 Å². The van der Waals surface area contributed by atoms with Crippen LogP contribution in [0.15, 0.2) is 6.07 Å². The molecule has 96 valence electrons. The number of aromatic nitrogens is 2. The summed E-state index contributed by atoms with van der Waals surface area (Å²) in [6.45, 7) is 11.8. The van der Waals surface area contributed by atoms with Gasteiger partial charge in [0.1, 0.15) is 16.8 Å². The van der Waals surface area contributed by atoms with E-state index in [9.17, 15) is 0 Å². The summed E-state index contributed by atoms with van der Waals surface area (Å²) in [4.78, 5) is 11.0. The average Bonchev–Trinajstić information content (AvgIpc) is 2.24. The van der Waals surface area contributed by atoms with Crippen LogP contribution < -0.4 is 4.90 Å². The van der Waals surface area contributed by atoms with Crippen molar-refractivity contribution in [1.29, 1.82) is 0 Å². The molecule has 0 unspecified atom stereocenters. The molecule has 0 aromatic carbocycles. The van der Waals surface area contributed by atoms with Gasteiger partial charge in [-0.2, -0.15) is 0 Å². The second-order valence-corrected chi connectivity index (χ2v) is 5.35. The topological polar surface area (TPSA) is 29.0 Å². The molecule has 1 rings (SSSR count). The lowest BCUT2D eigenvalue weighted by molar-refractivity contribution is 0.564. The van der Waals surface area contributed by atoms with Crippen LogP contribution in [0.3, 0.4) is 0 Å². The van der Waals surface area contributed by atoms with E-state index in [1.54, 1.807) is 0 Å². The zero-order chi connectivity index (χ0) is 13.0. The Morgan fingerprint density at radius 1 is 1.24 bits per heavy atom. The fraction of sp³-hybridized carbons (Fsp3) is 0.692. The zero-order valence-corrected chi connectivity index (χ0v) is 12.1. The van der Waals surface area contributed by atoms with Gasteiger partial charge in [-0.25, -0.2) is 9.97 Å². The van der Waals surface area contributed by atoms with Gasteiger partial charge >= 0.3 is 0 Å². The third kappa shape index (κ3) is 4.15. The maximum Gasteiger partial charge on any atom is 0.134 e. The molecular weight excluding hydrogens is 234 g/mol. The minimum absolute atomic E-state index is 0.410. The van der Waals surface area contributed by atoms with Crippen molar-refractivity contribution in [2.75, 3.05) is 11.4 Å². The van der Waals surface area contributed by atoms with Crippen molar-refractivity contribution in [2.24, 2.45) is 5.92 Å². The molecule has 0 aliphatic carbocycles. The Morgan fingerprint density at radius 3 is 2.35 bits per heavy atom. The first-order valence-electron chi connectivity index (χ1n) is 6.24. The lowest BCUT2D eigenvalue weighted by Crippen LogP contribution is -2.35. The van der Waals surface area contributed by atoms with Gasteiger partial charge in [-0.05, 0) is 19.8 Å². The Labute approximate surface area is 109 Å². The molecule has 0 N–H and O–H groups in total. The average molecular weight is 256 g/mol. The quantitative estimate of drug-likeness (QED) is 0.754. The van der Waals surface area contributed by atoms with E-state index < -0.39 is 0 Å². The molecule has 0 saturated heterocycles. The van der Waals surface area contributed by atoms with Crippen LogP contribution in [-0.2, 0) is 6.42 Å². The molecule has 0 radical (unpaired) electrons. The first-order chi connectivity index (χ1) is 7.93. The van der Waals surface area contributed by atoms with Crippen molar-refractivity contribution in [1.82, 2.24) is 9.97 Å². The Kier molecular flexibility index (Phi) is 5.19. The highest BCUT2D eigenvalue weighted by Gasteiger charge is 2.15. The van der Waals surface area contributed by atoms with E-state index in [2.05, 4.69) is 42.6 Å². The van der Waals surface area contributed by atoms with Crippen LogP contribution in [0.25, 0.3) is 0 Å². The maximum atomic E-state index is 6.04. The third-order valence-electron chi connectivity index (χ3n) is 2.52. The molecule has 0 atom stereocenters. The predicted octanol–water partition coefficient (Wildman–Crippen LogP) is 3.56. The Hall–Kier alpha value is -0.830. The van der Waals surface area contributed by atoms with Crippen molar-refractivity contribution in [3.8, 4) is 0 Å². The van der Waals surface area contributed by atoms with Gasteiger partial charge in [0.05, 0.1) is 0 Å². The fourth-order valence-corrected chi connectivity index (χ4v) is 1.91. The van der Waals surface area contributed by atoms with Gasteiger partial charge < -0.3 is 4.90 Å². The van der Waals surface area contributed by atoms with Gasteiger partial charge in [0.25, 0.3) is 0 Å². The highest BCUT2D eigenvalue weighted by Crippen LogP contribution is 2.19. The fourth-order valence-electron chi connectivity index (χ4n) is 1.72. The number of aryl methyl sites for hydroxylation is 1. The smallest absolute Gasteiger partial charge is 0.134 e. The van der Waals surface area contributed by atoms with E-state index >= 15 is 0 Å². The number of hydrogen-bond acceptors (Lipinski definition) is 3. The van der Waals surface area contributed by atoms with Crippen LogP contribution in [0, 0.1) is 5.92 Å². The zero-order valence-electron chi connectivity index (χ0n) is 11.4. The summed E-state index contributed by atoms with van der Waals surface area (Å²) in [5.41, 5.74) is 0. The summed E-state index contributed by atoms with van der Waals surface area (Å²) in [6.07, 6.45) is 0.807. The molecule has 0 aliphatic rings. The van der Waals surface area contributed by atoms with Crippen molar-refractivity contribution in [3.05, 3.63) is 17.0 Å². The van der Waals surface area contributed by atoms with Crippen LogP contribution >= 0.6 is 11.6 Å². The summed E-state index contributed by atoms with van der Waals surface area (Å²) in [6, 6.07) is 2.26. The van der Waals surface area contributed by atoms with E-state index in [1.807, 2.05) is 13.0 Å². The molecule has 0 amide bonds. The highest BCUT2D eigenvalue weighted by molar-refractivity contribution is 6.29. The van der Waals surface area contributed by atoms with Gasteiger partial charge in [-0.3, -0.25) is 0 Å². The second kappa shape index (κ2) is 6.20. The van der Waals surface area contributed by atoms with Crippen LogP contribution in [0.4, 0.5) is 5.82 Å². The molecule has 1 heterocycles. The van der Waals surface area contributed by atoms with Crippen LogP contribution in [0.5, 0.6) is 0 Å². The number of hydrogen-bond donors (Lipinski definition) is 0. The lowest BCUT2D eigenvalue weighted by atomic mass is 10.2. The lowest BCUT2D eigenvalue weighted by Gasteiger charge is -2.29. The molecule has 0 bridgehead atoms. The van der Waals surface area contributed by atoms with Gasteiger partial charge in [0.15, 0.2) is 0 Å². The first-order valence-corrected chi connectivity index (χ1v) is 6.62. The van der Waals surface area contributed by atoms with Crippen molar-refractivity contribution >= 4 is 17.4 Å². The standard InChI is InChI=1S/C13H22ClN3/c1-6-12-15-11(14)7-13(16-12)17(10(4)5)8-9(2)3/h7,9-10H,6,8H2,1-5H3. The summed E-state index contributed by atoms with van der Waals surface area (Å²) < 4.78 is 0. The van der Waals surface area contributed by atoms with E-state index in [0.29, 0.717) is 17.1 Å². The van der Waals surface area contributed by atoms with Crippen LogP contribution in [0.2, 0.25) is 5.15 Å². The number of nitrogens with zero attached hydrogens (tertiary/aromatic N) is 3. The minimum Gasteiger partial charge on any atom is -0.354 e. The van der Waals surface area contributed by atoms with Crippen LogP contribution in [0.1, 0.15) is 40.4 Å². The van der Waals surface area contributed by atoms with Crippen molar-refractivity contribution < 1.29 is 0 Å². The summed E-state index contributed by atoms with van der Waals surface area (Å²) in [7, 11) is 0. The number of rotatable bonds is 5. The minimum atomic E-state index is 0.410. The van der Waals surface area contributed by atoms with Crippen molar-refractivity contribution in [3.63, 3.8) is 0 Å². The monoisotopic (exact) mass is 255 g/mol. The van der Waals surface area contributed by atoms with Gasteiger partial charge in [0.2, 0.25) is 0 Å². The third-order valence-corrected chi connectivity index (χ3v) is 2.72. The molecule has 1 aromatic rings. The summed E-state index contributed by atoms with van der Waals surface area (Å²) in [5.74, 6) is 2.34. The predicted molar refractivity (Wildman–Crippen MR) is 73.7 cm³/mol. The molecular formula is C13H22ClN3. The summed E-state index contributed by atoms with van der Waals surface area (Å²) >= 11 is 6.04. The Morgan fingerprint density at radius 2 is 1.88 bits per heavy atom. The maximum absolute atomic E-state index is 6.04. The van der Waals surface area contributed by atoms with Gasteiger partial charge in [0, 0.05) is 25.1 Å². The van der Waals surface area contributed by atoms with E-state index in [4.69, 9.17) is 11.6 Å². The second-order valence-electron chi connectivity index (χ2n) is 4.96. The number of anilines is 1. The molecule has 0 aliphatic heterocycles. The SMILES string of the molecule is CCc1nc(Cl)cc(N(CC(C)C)C(C)C)n1. The first kappa shape index (κ1) is 14.2. The number of halogens is 1. The molecule has 0 saturated carbocycles. The molecule has 0 fully saturated rings. The van der Waals surface area contributed by atoms with Gasteiger partial charge in [-0.15, -0.1) is 0 Å². The molecule has 3 nitrogen and oxygen atoms in total. The van der Waals surface area contributed by atoms with Crippen LogP contribution in [-0.4, -0.2) is 22.6 Å². The molecule has 17 heavy (non-hydrogen) atoms. The largest absolute Gasteiger partial charge is 0.354 e. The Balaban J connectivity index is 3.04. The Bertz CT molecular complexity index is 364. The summed E-state index contributed by atoms with van der Waals surface area (Å²) in [5, 5.41) is 0.529. The molecule has 0 spiro atoms. The van der Waals surface area contributed by atoms with E-state index in [0.717, 1.165) is 24.6 Å². The van der Waals surface area contributed by atoms with Crippen molar-refractivity contribution in [2.45, 2.75) is 47.1 Å².